The number of benzene rings is 4. The van der Waals surface area contributed by atoms with E-state index < -0.39 is 35.5 Å². The number of nitrogens with zero attached hydrogens (tertiary/aromatic N) is 4. The van der Waals surface area contributed by atoms with E-state index in [4.69, 9.17) is 110 Å². The summed E-state index contributed by atoms with van der Waals surface area (Å²) in [4.78, 5) is 51.4. The molecule has 588 valence electrons. The number of nitrogens with one attached hydrogen (secondary N) is 2. The zero-order chi connectivity index (χ0) is 74.8. The standard InChI is InChI=1S/C72H108N6O27/c1-59(81)69(77-75-63-7-11-65(12-8-63)103-57-55-101-53-51-99-49-47-97-45-43-95-41-39-93-37-35-91-33-31-89-29-27-87-25-23-85-21-19-79)71(83)73-61-3-15-67(16-4-61)105-68-17-5-62(6-18-68)74-72(84)70(60(2)82)78-76-64-9-13-66(14-10-64)104-58-56-102-54-52-100-50-48-98-46-44-96-42-40-94-38-36-92-34-32-90-30-28-88-26-24-86-22-20-80/h3-18,69-70,79-80H,19-58H2,1-2H3,(H,73,83)(H,74,84). The van der Waals surface area contributed by atoms with Crippen LogP contribution >= 0.6 is 0 Å². The number of Topliss-reactive ketones (excluding diaryl/α,β-unsaturated/α-hetero) is 2. The van der Waals surface area contributed by atoms with E-state index >= 15 is 0 Å². The number of hydrogen-bond acceptors (Lipinski definition) is 31. The number of aliphatic hydroxyl groups excluding tert-OH is 2. The second-order valence-corrected chi connectivity index (χ2v) is 21.7. The first-order chi connectivity index (χ1) is 51.6. The highest BCUT2D eigenvalue weighted by Gasteiger charge is 2.25. The second kappa shape index (κ2) is 64.2. The maximum atomic E-state index is 13.2. The number of azo groups is 2. The Morgan fingerprint density at radius 1 is 0.276 bits per heavy atom. The topological polar surface area (TPSA) is 376 Å². The van der Waals surface area contributed by atoms with Crippen LogP contribution in [0.4, 0.5) is 22.7 Å². The van der Waals surface area contributed by atoms with Crippen molar-refractivity contribution in [1.29, 1.82) is 0 Å². The van der Waals surface area contributed by atoms with Crippen molar-refractivity contribution in [2.45, 2.75) is 25.9 Å². The van der Waals surface area contributed by atoms with Crippen molar-refractivity contribution in [3.05, 3.63) is 97.1 Å². The molecule has 0 aliphatic carbocycles. The first-order valence-corrected chi connectivity index (χ1v) is 35.0. The van der Waals surface area contributed by atoms with E-state index in [9.17, 15) is 19.2 Å². The summed E-state index contributed by atoms with van der Waals surface area (Å²) >= 11 is 0. The quantitative estimate of drug-likeness (QED) is 0.0228. The molecule has 2 atom stereocenters. The molecule has 0 heterocycles. The molecule has 4 N–H and O–H groups in total. The van der Waals surface area contributed by atoms with Crippen molar-refractivity contribution in [3.63, 3.8) is 0 Å². The fraction of sp³-hybridized carbons (Fsp3) is 0.611. The Kier molecular flexibility index (Phi) is 55.2. The van der Waals surface area contributed by atoms with Gasteiger partial charge in [-0.05, 0) is 111 Å². The molecule has 4 rings (SSSR count). The molecule has 0 saturated heterocycles. The van der Waals surface area contributed by atoms with Crippen molar-refractivity contribution in [3.8, 4) is 23.0 Å². The van der Waals surface area contributed by atoms with Gasteiger partial charge in [0.05, 0.1) is 262 Å². The molecule has 0 aliphatic heterocycles. The normalized spacial score (nSPS) is 12.1. The number of anilines is 2. The van der Waals surface area contributed by atoms with Gasteiger partial charge < -0.3 is 120 Å². The van der Waals surface area contributed by atoms with Crippen molar-refractivity contribution in [2.24, 2.45) is 20.5 Å². The number of ether oxygens (including phenoxy) is 21. The summed E-state index contributed by atoms with van der Waals surface area (Å²) in [5, 5.41) is 39.0. The zero-order valence-corrected chi connectivity index (χ0v) is 60.6. The van der Waals surface area contributed by atoms with Crippen molar-refractivity contribution < 1.29 is 129 Å². The third-order valence-corrected chi connectivity index (χ3v) is 13.4. The number of ketones is 2. The lowest BCUT2D eigenvalue weighted by atomic mass is 10.2. The van der Waals surface area contributed by atoms with E-state index in [1.54, 1.807) is 97.1 Å². The van der Waals surface area contributed by atoms with Gasteiger partial charge in [-0.3, -0.25) is 19.2 Å². The predicted molar refractivity (Wildman–Crippen MR) is 381 cm³/mol. The van der Waals surface area contributed by atoms with Gasteiger partial charge in [0.1, 0.15) is 36.2 Å². The maximum Gasteiger partial charge on any atom is 0.258 e. The molecule has 2 unspecified atom stereocenters. The molecule has 4 aromatic carbocycles. The molecular formula is C72H108N6O27. The summed E-state index contributed by atoms with van der Waals surface area (Å²) in [5.41, 5.74) is 1.59. The molecule has 0 aliphatic rings. The first kappa shape index (κ1) is 90.4. The highest BCUT2D eigenvalue weighted by Crippen LogP contribution is 2.26. The molecule has 33 heteroatoms. The Hall–Kier alpha value is -7.04. The molecule has 0 aromatic heterocycles. The summed E-state index contributed by atoms with van der Waals surface area (Å²) < 4.78 is 115. The fourth-order valence-electron chi connectivity index (χ4n) is 8.16. The van der Waals surface area contributed by atoms with Gasteiger partial charge in [0.2, 0.25) is 12.1 Å². The van der Waals surface area contributed by atoms with E-state index in [1.807, 2.05) is 0 Å². The molecule has 0 spiro atoms. The molecule has 105 heavy (non-hydrogen) atoms. The monoisotopic (exact) mass is 1490 g/mol. The minimum Gasteiger partial charge on any atom is -0.491 e. The summed E-state index contributed by atoms with van der Waals surface area (Å²) in [6.07, 6.45) is 0. The number of amides is 2. The summed E-state index contributed by atoms with van der Waals surface area (Å²) in [5.74, 6) is -0.361. The van der Waals surface area contributed by atoms with Crippen LogP contribution in [0.2, 0.25) is 0 Å². The van der Waals surface area contributed by atoms with Crippen LogP contribution in [0.1, 0.15) is 13.8 Å². The minimum absolute atomic E-state index is 0.00297. The lowest BCUT2D eigenvalue weighted by Crippen LogP contribution is -2.31. The zero-order valence-electron chi connectivity index (χ0n) is 60.6. The Bertz CT molecular complexity index is 2650. The lowest BCUT2D eigenvalue weighted by molar-refractivity contribution is -0.127. The van der Waals surface area contributed by atoms with Gasteiger partial charge in [0.25, 0.3) is 11.8 Å². The molecule has 0 saturated carbocycles. The van der Waals surface area contributed by atoms with Crippen LogP contribution in [-0.4, -0.2) is 310 Å². The van der Waals surface area contributed by atoms with Crippen molar-refractivity contribution in [2.75, 3.05) is 275 Å². The number of rotatable bonds is 72. The van der Waals surface area contributed by atoms with Crippen LogP contribution in [0.3, 0.4) is 0 Å². The highest BCUT2D eigenvalue weighted by atomic mass is 16.6. The smallest absolute Gasteiger partial charge is 0.258 e. The largest absolute Gasteiger partial charge is 0.491 e. The average molecular weight is 1490 g/mol. The Balaban J connectivity index is 0.957. The molecule has 0 radical (unpaired) electrons. The molecule has 2 amide bonds. The third-order valence-electron chi connectivity index (χ3n) is 13.4. The number of carbonyl (C=O) groups excluding carboxylic acids is 4. The van der Waals surface area contributed by atoms with Crippen LogP contribution in [-0.2, 0) is 104 Å². The van der Waals surface area contributed by atoms with Gasteiger partial charge in [-0.15, -0.1) is 0 Å². The Morgan fingerprint density at radius 3 is 0.667 bits per heavy atom. The van der Waals surface area contributed by atoms with Gasteiger partial charge in [-0.1, -0.05) is 0 Å². The maximum absolute atomic E-state index is 13.2. The van der Waals surface area contributed by atoms with Gasteiger partial charge in [-0.2, -0.15) is 20.5 Å². The molecule has 4 aromatic rings. The van der Waals surface area contributed by atoms with E-state index in [-0.39, 0.29) is 13.2 Å². The van der Waals surface area contributed by atoms with Crippen LogP contribution in [0.5, 0.6) is 23.0 Å². The Labute approximate surface area is 614 Å². The van der Waals surface area contributed by atoms with E-state index in [1.165, 1.54) is 13.8 Å². The third kappa shape index (κ3) is 49.5. The van der Waals surface area contributed by atoms with Gasteiger partial charge in [0, 0.05) is 11.4 Å². The fourth-order valence-corrected chi connectivity index (χ4v) is 8.16. The molecule has 0 fully saturated rings. The predicted octanol–water partition coefficient (Wildman–Crippen LogP) is 5.88. The average Bonchev–Trinajstić information content (AvgIpc) is 0.882. The summed E-state index contributed by atoms with van der Waals surface area (Å²) in [6.45, 7) is 18.7. The SMILES string of the molecule is CC(=O)C(N=Nc1ccc(OCCOCCOCCOCCOCCOCCOCCOCCOCCOCCO)cc1)C(=O)Nc1ccc(Oc2ccc(NC(=O)C(N=Nc3ccc(OCCOCCOCCOCCOCCOCCOCCOCCOCCOCCO)cc3)C(C)=O)cc2)cc1. The first-order valence-electron chi connectivity index (χ1n) is 35.0. The molecule has 33 nitrogen and oxygen atoms in total. The highest BCUT2D eigenvalue weighted by molar-refractivity contribution is 6.11. The van der Waals surface area contributed by atoms with Crippen molar-refractivity contribution in [1.82, 2.24) is 0 Å². The van der Waals surface area contributed by atoms with E-state index in [0.717, 1.165) is 0 Å². The molecular weight excluding hydrogens is 1380 g/mol. The minimum atomic E-state index is -1.41. The van der Waals surface area contributed by atoms with E-state index in [2.05, 4.69) is 31.1 Å². The Morgan fingerprint density at radius 2 is 0.467 bits per heavy atom. The van der Waals surface area contributed by atoms with Gasteiger partial charge in [0.15, 0.2) is 11.6 Å². The van der Waals surface area contributed by atoms with E-state index in [0.29, 0.717) is 297 Å². The summed E-state index contributed by atoms with van der Waals surface area (Å²) in [6, 6.07) is 23.4. The van der Waals surface area contributed by atoms with Crippen LogP contribution in [0.15, 0.2) is 118 Å². The number of aliphatic hydroxyl groups is 2. The van der Waals surface area contributed by atoms with Crippen molar-refractivity contribution >= 4 is 46.1 Å². The molecule has 0 bridgehead atoms. The lowest BCUT2D eigenvalue weighted by Gasteiger charge is -2.12. The van der Waals surface area contributed by atoms with Crippen LogP contribution < -0.4 is 24.8 Å². The number of hydrogen-bond donors (Lipinski definition) is 4. The second-order valence-electron chi connectivity index (χ2n) is 21.7. The van der Waals surface area contributed by atoms with Gasteiger partial charge >= 0.3 is 0 Å². The van der Waals surface area contributed by atoms with Crippen LogP contribution in [0, 0.1) is 0 Å². The van der Waals surface area contributed by atoms with Gasteiger partial charge in [-0.25, -0.2) is 0 Å². The number of carbonyl (C=O) groups is 4. The van der Waals surface area contributed by atoms with Crippen LogP contribution in [0.25, 0.3) is 0 Å². The summed E-state index contributed by atoms with van der Waals surface area (Å²) in [7, 11) is 0.